The number of nitrogens with zero attached hydrogens (tertiary/aromatic N) is 4. The van der Waals surface area contributed by atoms with Crippen LogP contribution in [0.25, 0.3) is 0 Å². The Labute approximate surface area is 168 Å². The summed E-state index contributed by atoms with van der Waals surface area (Å²) in [6.07, 6.45) is 6.33. The molecule has 4 rings (SSSR count). The minimum absolute atomic E-state index is 0.0954. The largest absolute Gasteiger partial charge is 0.467 e. The molecule has 0 aliphatic carbocycles. The van der Waals surface area contributed by atoms with Gasteiger partial charge < -0.3 is 9.64 Å². The molecule has 1 aromatic rings. The van der Waals surface area contributed by atoms with E-state index in [0.29, 0.717) is 19.1 Å². The number of likely N-dealkylation sites (tertiary alicyclic amines) is 3. The molecule has 0 bridgehead atoms. The molecular weight excluding hydrogens is 380 g/mol. The summed E-state index contributed by atoms with van der Waals surface area (Å²) in [6, 6.07) is 0.486. The Bertz CT molecular complexity index is 694. The van der Waals surface area contributed by atoms with Gasteiger partial charge in [0, 0.05) is 56.6 Å². The molecule has 0 spiro atoms. The zero-order valence-electron chi connectivity index (χ0n) is 15.9. The van der Waals surface area contributed by atoms with Gasteiger partial charge in [0.05, 0.1) is 0 Å². The highest BCUT2D eigenvalue weighted by Gasteiger charge is 2.34. The summed E-state index contributed by atoms with van der Waals surface area (Å²) >= 11 is 1.53. The highest BCUT2D eigenvalue weighted by atomic mass is 32.1. The molecule has 3 aliphatic heterocycles. The van der Waals surface area contributed by atoms with Crippen LogP contribution in [-0.4, -0.2) is 82.3 Å². The topological polar surface area (TPSA) is 83.1 Å². The van der Waals surface area contributed by atoms with Crippen LogP contribution in [0.15, 0.2) is 11.6 Å². The number of amides is 3. The third-order valence-electron chi connectivity index (χ3n) is 5.94. The maximum absolute atomic E-state index is 12.5. The third kappa shape index (κ3) is 4.35. The van der Waals surface area contributed by atoms with Crippen LogP contribution in [0.5, 0.6) is 5.19 Å². The normalized spacial score (nSPS) is 22.9. The lowest BCUT2D eigenvalue weighted by atomic mass is 9.99. The van der Waals surface area contributed by atoms with Crippen LogP contribution in [0.3, 0.4) is 0 Å². The molecule has 28 heavy (non-hydrogen) atoms. The van der Waals surface area contributed by atoms with Gasteiger partial charge in [-0.25, -0.2) is 4.98 Å². The second-order valence-corrected chi connectivity index (χ2v) is 8.49. The first-order chi connectivity index (χ1) is 13.6. The number of imide groups is 1. The van der Waals surface area contributed by atoms with Crippen molar-refractivity contribution in [2.75, 3.05) is 32.7 Å². The minimum Gasteiger partial charge on any atom is -0.467 e. The van der Waals surface area contributed by atoms with Crippen molar-refractivity contribution in [1.82, 2.24) is 19.7 Å². The highest BCUT2D eigenvalue weighted by Crippen LogP contribution is 2.25. The van der Waals surface area contributed by atoms with Gasteiger partial charge >= 0.3 is 0 Å². The van der Waals surface area contributed by atoms with E-state index < -0.39 is 0 Å². The van der Waals surface area contributed by atoms with Crippen molar-refractivity contribution in [3.8, 4) is 5.19 Å². The Balaban J connectivity index is 1.20. The Morgan fingerprint density at radius 2 is 1.75 bits per heavy atom. The first kappa shape index (κ1) is 19.3. The van der Waals surface area contributed by atoms with Crippen molar-refractivity contribution in [3.05, 3.63) is 11.6 Å². The Kier molecular flexibility index (Phi) is 5.91. The maximum atomic E-state index is 12.5. The molecule has 3 saturated heterocycles. The Morgan fingerprint density at radius 1 is 1.07 bits per heavy atom. The van der Waals surface area contributed by atoms with Crippen molar-refractivity contribution in [1.29, 1.82) is 0 Å². The molecule has 152 valence electrons. The average molecular weight is 407 g/mol. The van der Waals surface area contributed by atoms with Gasteiger partial charge in [0.15, 0.2) is 0 Å². The summed E-state index contributed by atoms with van der Waals surface area (Å²) in [5, 5.41) is 2.68. The van der Waals surface area contributed by atoms with Crippen molar-refractivity contribution >= 4 is 29.1 Å². The molecule has 0 N–H and O–H groups in total. The van der Waals surface area contributed by atoms with Crippen molar-refractivity contribution in [2.24, 2.45) is 0 Å². The van der Waals surface area contributed by atoms with Crippen molar-refractivity contribution in [3.63, 3.8) is 0 Å². The number of carbonyl (C=O) groups is 3. The molecule has 0 unspecified atom stereocenters. The number of piperidine rings is 2. The fraction of sp³-hybridized carbons (Fsp3) is 0.684. The van der Waals surface area contributed by atoms with Gasteiger partial charge in [-0.3, -0.25) is 24.2 Å². The van der Waals surface area contributed by atoms with E-state index in [9.17, 15) is 14.4 Å². The van der Waals surface area contributed by atoms with E-state index in [2.05, 4.69) is 9.88 Å². The van der Waals surface area contributed by atoms with E-state index in [-0.39, 0.29) is 43.2 Å². The number of rotatable bonds is 5. The number of aromatic nitrogens is 1. The summed E-state index contributed by atoms with van der Waals surface area (Å²) in [6.45, 7) is 3.29. The zero-order chi connectivity index (χ0) is 19.5. The number of hydrogen-bond donors (Lipinski definition) is 0. The number of carbonyl (C=O) groups excluding carboxylic acids is 3. The van der Waals surface area contributed by atoms with E-state index in [4.69, 9.17) is 4.74 Å². The standard InChI is InChI=1S/C19H26N4O4S/c24-16-1-2-17(25)23(16)13-18(26)22-8-3-14(4-9-22)21-10-5-15(6-11-21)27-19-20-7-12-28-19/h7,12,14-15H,1-6,8-11,13H2. The monoisotopic (exact) mass is 406 g/mol. The molecule has 3 fully saturated rings. The molecule has 0 atom stereocenters. The van der Waals surface area contributed by atoms with E-state index in [1.165, 1.54) is 11.3 Å². The molecule has 0 radical (unpaired) electrons. The lowest BCUT2D eigenvalue weighted by Crippen LogP contribution is -2.51. The number of thiazole rings is 1. The summed E-state index contributed by atoms with van der Waals surface area (Å²) < 4.78 is 5.93. The lowest BCUT2D eigenvalue weighted by molar-refractivity contribution is -0.146. The Morgan fingerprint density at radius 3 is 2.36 bits per heavy atom. The highest BCUT2D eigenvalue weighted by molar-refractivity contribution is 7.11. The lowest BCUT2D eigenvalue weighted by Gasteiger charge is -2.41. The molecule has 3 amide bonds. The van der Waals surface area contributed by atoms with E-state index in [1.54, 1.807) is 11.1 Å². The Hall–Kier alpha value is -2.00. The van der Waals surface area contributed by atoms with Crippen LogP contribution < -0.4 is 4.74 Å². The predicted molar refractivity (Wildman–Crippen MR) is 103 cm³/mol. The average Bonchev–Trinajstić information content (AvgIpc) is 3.34. The third-order valence-corrected chi connectivity index (χ3v) is 6.60. The summed E-state index contributed by atoms with van der Waals surface area (Å²) in [5.41, 5.74) is 0. The van der Waals surface area contributed by atoms with Gasteiger partial charge in [0.1, 0.15) is 12.6 Å². The molecule has 1 aromatic heterocycles. The minimum atomic E-state index is -0.226. The van der Waals surface area contributed by atoms with Crippen molar-refractivity contribution < 1.29 is 19.1 Å². The van der Waals surface area contributed by atoms with Crippen LogP contribution in [-0.2, 0) is 14.4 Å². The summed E-state index contributed by atoms with van der Waals surface area (Å²) in [5.74, 6) is -0.565. The van der Waals surface area contributed by atoms with Crippen LogP contribution >= 0.6 is 11.3 Å². The van der Waals surface area contributed by atoms with Crippen LogP contribution in [0.4, 0.5) is 0 Å². The fourth-order valence-corrected chi connectivity index (χ4v) is 4.84. The van der Waals surface area contributed by atoms with Gasteiger partial charge in [0.2, 0.25) is 17.7 Å². The summed E-state index contributed by atoms with van der Waals surface area (Å²) in [4.78, 5) is 45.5. The van der Waals surface area contributed by atoms with Crippen molar-refractivity contribution in [2.45, 2.75) is 50.7 Å². The van der Waals surface area contributed by atoms with E-state index >= 15 is 0 Å². The second kappa shape index (κ2) is 8.57. The van der Waals surface area contributed by atoms with E-state index in [0.717, 1.165) is 48.9 Å². The quantitative estimate of drug-likeness (QED) is 0.682. The van der Waals surface area contributed by atoms with Crippen LogP contribution in [0.2, 0.25) is 0 Å². The molecule has 3 aliphatic rings. The maximum Gasteiger partial charge on any atom is 0.273 e. The fourth-order valence-electron chi connectivity index (χ4n) is 4.28. The smallest absolute Gasteiger partial charge is 0.273 e. The molecule has 8 nitrogen and oxygen atoms in total. The van der Waals surface area contributed by atoms with Crippen LogP contribution in [0, 0.1) is 0 Å². The molecular formula is C19H26N4O4S. The second-order valence-electron chi connectivity index (χ2n) is 7.64. The van der Waals surface area contributed by atoms with Gasteiger partial charge in [0.25, 0.3) is 5.19 Å². The molecule has 9 heteroatoms. The van der Waals surface area contributed by atoms with Gasteiger partial charge in [-0.05, 0) is 25.7 Å². The first-order valence-corrected chi connectivity index (χ1v) is 10.9. The van der Waals surface area contributed by atoms with Gasteiger partial charge in [-0.15, -0.1) is 0 Å². The predicted octanol–water partition coefficient (Wildman–Crippen LogP) is 1.13. The van der Waals surface area contributed by atoms with Gasteiger partial charge in [-0.2, -0.15) is 0 Å². The molecule has 4 heterocycles. The summed E-state index contributed by atoms with van der Waals surface area (Å²) in [7, 11) is 0. The SMILES string of the molecule is O=C(CN1C(=O)CCC1=O)N1CCC(N2CCC(Oc3nccs3)CC2)CC1. The number of hydrogen-bond acceptors (Lipinski definition) is 7. The molecule has 0 aromatic carbocycles. The van der Waals surface area contributed by atoms with Crippen LogP contribution in [0.1, 0.15) is 38.5 Å². The van der Waals surface area contributed by atoms with E-state index in [1.807, 2.05) is 5.38 Å². The number of ether oxygens (including phenoxy) is 1. The first-order valence-electron chi connectivity index (χ1n) is 10.0. The molecule has 0 saturated carbocycles. The van der Waals surface area contributed by atoms with Gasteiger partial charge in [-0.1, -0.05) is 11.3 Å². The zero-order valence-corrected chi connectivity index (χ0v) is 16.7.